The highest BCUT2D eigenvalue weighted by atomic mass is 32.2. The first-order valence-corrected chi connectivity index (χ1v) is 13.7. The summed E-state index contributed by atoms with van der Waals surface area (Å²) in [5.74, 6) is 0.738. The van der Waals surface area contributed by atoms with Gasteiger partial charge < -0.3 is 10.2 Å². The highest BCUT2D eigenvalue weighted by molar-refractivity contribution is 7.99. The topological polar surface area (TPSA) is 82.6 Å². The maximum Gasteiger partial charge on any atom is 0.244 e. The van der Waals surface area contributed by atoms with Crippen LogP contribution in [0.5, 0.6) is 0 Å². The molecule has 2 aromatic rings. The summed E-state index contributed by atoms with van der Waals surface area (Å²) in [7, 11) is -1.55. The molecule has 1 aromatic heterocycles. The monoisotopic (exact) mass is 490 g/mol. The summed E-state index contributed by atoms with van der Waals surface area (Å²) in [6.45, 7) is 8.76. The number of thioether (sulfide) groups is 1. The van der Waals surface area contributed by atoms with Crippen molar-refractivity contribution in [2.75, 3.05) is 39.0 Å². The van der Waals surface area contributed by atoms with E-state index in [9.17, 15) is 13.2 Å². The number of benzene rings is 1. The van der Waals surface area contributed by atoms with Crippen LogP contribution in [-0.2, 0) is 21.2 Å². The van der Waals surface area contributed by atoms with Crippen molar-refractivity contribution in [2.45, 2.75) is 43.2 Å². The number of pyridine rings is 1. The zero-order valence-electron chi connectivity index (χ0n) is 19.8. The van der Waals surface area contributed by atoms with E-state index in [1.54, 1.807) is 12.1 Å². The lowest BCUT2D eigenvalue weighted by atomic mass is 10.00. The summed E-state index contributed by atoms with van der Waals surface area (Å²) in [5.41, 5.74) is 2.37. The highest BCUT2D eigenvalue weighted by Gasteiger charge is 2.27. The molecule has 1 unspecified atom stereocenters. The molecule has 0 spiro atoms. The Labute approximate surface area is 202 Å². The minimum Gasteiger partial charge on any atom is -0.349 e. The largest absolute Gasteiger partial charge is 0.349 e. The van der Waals surface area contributed by atoms with Crippen LogP contribution in [0.3, 0.4) is 0 Å². The van der Waals surface area contributed by atoms with E-state index in [-0.39, 0.29) is 22.6 Å². The lowest BCUT2D eigenvalue weighted by molar-refractivity contribution is -0.119. The third-order valence-corrected chi connectivity index (χ3v) is 8.49. The summed E-state index contributed by atoms with van der Waals surface area (Å²) in [4.78, 5) is 19.0. The lowest BCUT2D eigenvalue weighted by Crippen LogP contribution is -2.47. The number of carbonyl (C=O) groups excluding carboxylic acids is 1. The van der Waals surface area contributed by atoms with Crippen molar-refractivity contribution in [3.63, 3.8) is 0 Å². The van der Waals surface area contributed by atoms with Gasteiger partial charge in [0.05, 0.1) is 16.8 Å². The van der Waals surface area contributed by atoms with E-state index in [1.807, 2.05) is 14.0 Å². The molecule has 33 heavy (non-hydrogen) atoms. The number of carbonyl (C=O) groups is 1. The molecule has 9 heteroatoms. The minimum absolute atomic E-state index is 0.0877. The molecule has 180 valence electrons. The predicted octanol–water partition coefficient (Wildman–Crippen LogP) is 3.19. The van der Waals surface area contributed by atoms with Gasteiger partial charge in [0.25, 0.3) is 0 Å². The normalized spacial score (nSPS) is 16.6. The Morgan fingerprint density at radius 3 is 2.30 bits per heavy atom. The van der Waals surface area contributed by atoms with Crippen molar-refractivity contribution in [1.29, 1.82) is 0 Å². The number of nitrogens with one attached hydrogen (secondary N) is 1. The molecule has 0 radical (unpaired) electrons. The van der Waals surface area contributed by atoms with Gasteiger partial charge in [0.2, 0.25) is 15.9 Å². The third kappa shape index (κ3) is 7.27. The molecule has 1 aliphatic rings. The zero-order chi connectivity index (χ0) is 24.0. The van der Waals surface area contributed by atoms with Gasteiger partial charge in [-0.05, 0) is 49.6 Å². The standard InChI is InChI=1S/C24H34N4O3S2/c1-18(2)15-20-5-7-21(8-6-20)19(3)26-23(29)17-32-24-10-9-22(16-25-24)33(30,31)28-13-11-27(4)12-14-28/h5-10,16,18-19H,11-15,17H2,1-4H3,(H,26,29). The smallest absolute Gasteiger partial charge is 0.244 e. The quantitative estimate of drug-likeness (QED) is 0.544. The number of rotatable bonds is 9. The Balaban J connectivity index is 1.50. The molecule has 1 fully saturated rings. The average Bonchev–Trinajstić information content (AvgIpc) is 2.78. The number of likely N-dealkylation sites (N-methyl/N-ethyl adjacent to an activating group) is 1. The molecule has 1 saturated heterocycles. The van der Waals surface area contributed by atoms with Gasteiger partial charge in [-0.1, -0.05) is 49.9 Å². The first-order valence-electron chi connectivity index (χ1n) is 11.3. The Morgan fingerprint density at radius 1 is 1.06 bits per heavy atom. The predicted molar refractivity (Wildman–Crippen MR) is 133 cm³/mol. The maximum atomic E-state index is 12.8. The van der Waals surface area contributed by atoms with E-state index in [4.69, 9.17) is 0 Å². The lowest BCUT2D eigenvalue weighted by Gasteiger charge is -2.31. The van der Waals surface area contributed by atoms with Crippen LogP contribution >= 0.6 is 11.8 Å². The van der Waals surface area contributed by atoms with Crippen LogP contribution < -0.4 is 5.32 Å². The van der Waals surface area contributed by atoms with Crippen molar-refractivity contribution < 1.29 is 13.2 Å². The van der Waals surface area contributed by atoms with Gasteiger partial charge in [0.1, 0.15) is 4.90 Å². The van der Waals surface area contributed by atoms with E-state index in [2.05, 4.69) is 53.3 Å². The molecule has 0 aliphatic carbocycles. The van der Waals surface area contributed by atoms with E-state index < -0.39 is 10.0 Å². The number of aromatic nitrogens is 1. The molecule has 1 N–H and O–H groups in total. The van der Waals surface area contributed by atoms with E-state index in [0.717, 1.165) is 25.1 Å². The molecule has 1 atom stereocenters. The van der Waals surface area contributed by atoms with Crippen molar-refractivity contribution >= 4 is 27.7 Å². The van der Waals surface area contributed by atoms with Gasteiger partial charge >= 0.3 is 0 Å². The Morgan fingerprint density at radius 2 is 1.73 bits per heavy atom. The van der Waals surface area contributed by atoms with Crippen LogP contribution in [0.25, 0.3) is 0 Å². The van der Waals surface area contributed by atoms with Gasteiger partial charge in [-0.3, -0.25) is 4.79 Å². The molecular formula is C24H34N4O3S2. The molecule has 7 nitrogen and oxygen atoms in total. The van der Waals surface area contributed by atoms with Crippen LogP contribution in [0.2, 0.25) is 0 Å². The molecular weight excluding hydrogens is 456 g/mol. The fourth-order valence-corrected chi connectivity index (χ4v) is 5.72. The summed E-state index contributed by atoms with van der Waals surface area (Å²) in [5, 5.41) is 3.63. The van der Waals surface area contributed by atoms with Gasteiger partial charge in [-0.25, -0.2) is 13.4 Å². The molecule has 0 bridgehead atoms. The fraction of sp³-hybridized carbons (Fsp3) is 0.500. The van der Waals surface area contributed by atoms with Crippen LogP contribution in [0.15, 0.2) is 52.5 Å². The number of hydrogen-bond donors (Lipinski definition) is 1. The number of piperazine rings is 1. The summed E-state index contributed by atoms with van der Waals surface area (Å²) >= 11 is 1.29. The molecule has 1 aliphatic heterocycles. The number of amides is 1. The molecule has 2 heterocycles. The Bertz CT molecular complexity index is 1020. The average molecular weight is 491 g/mol. The second kappa shape index (κ2) is 11.5. The summed E-state index contributed by atoms with van der Waals surface area (Å²) in [6, 6.07) is 11.5. The first-order chi connectivity index (χ1) is 15.6. The number of hydrogen-bond acceptors (Lipinski definition) is 6. The first kappa shape index (κ1) is 25.7. The van der Waals surface area contributed by atoms with E-state index in [0.29, 0.717) is 24.0 Å². The van der Waals surface area contributed by atoms with E-state index >= 15 is 0 Å². The second-order valence-corrected chi connectivity index (χ2v) is 11.9. The van der Waals surface area contributed by atoms with Crippen LogP contribution in [0.4, 0.5) is 0 Å². The minimum atomic E-state index is -3.53. The fourth-order valence-electron chi connectivity index (χ4n) is 3.70. The second-order valence-electron chi connectivity index (χ2n) is 8.96. The van der Waals surface area contributed by atoms with Crippen LogP contribution in [0, 0.1) is 5.92 Å². The van der Waals surface area contributed by atoms with Gasteiger partial charge in [-0.2, -0.15) is 4.31 Å². The van der Waals surface area contributed by atoms with Gasteiger partial charge in [0, 0.05) is 32.4 Å². The van der Waals surface area contributed by atoms with Crippen LogP contribution in [0.1, 0.15) is 37.9 Å². The van der Waals surface area contributed by atoms with Gasteiger partial charge in [0.15, 0.2) is 0 Å². The molecule has 0 saturated carbocycles. The summed E-state index contributed by atoms with van der Waals surface area (Å²) < 4.78 is 27.1. The Hall–Kier alpha value is -1.94. The van der Waals surface area contributed by atoms with Crippen molar-refractivity contribution in [2.24, 2.45) is 5.92 Å². The van der Waals surface area contributed by atoms with Crippen molar-refractivity contribution in [3.8, 4) is 0 Å². The maximum absolute atomic E-state index is 12.8. The van der Waals surface area contributed by atoms with Crippen molar-refractivity contribution in [3.05, 3.63) is 53.7 Å². The SMILES string of the molecule is CC(C)Cc1ccc(C(C)NC(=O)CSc2ccc(S(=O)(=O)N3CCN(C)CC3)cn2)cc1. The van der Waals surface area contributed by atoms with Crippen LogP contribution in [-0.4, -0.2) is 67.5 Å². The summed E-state index contributed by atoms with van der Waals surface area (Å²) in [6.07, 6.45) is 2.43. The van der Waals surface area contributed by atoms with Crippen molar-refractivity contribution in [1.82, 2.24) is 19.5 Å². The van der Waals surface area contributed by atoms with Gasteiger partial charge in [-0.15, -0.1) is 0 Å². The molecule has 3 rings (SSSR count). The zero-order valence-corrected chi connectivity index (χ0v) is 21.5. The van der Waals surface area contributed by atoms with E-state index in [1.165, 1.54) is 27.8 Å². The molecule has 1 amide bonds. The Kier molecular flexibility index (Phi) is 8.92. The third-order valence-electron chi connectivity index (χ3n) is 5.66. The number of sulfonamides is 1. The molecule has 1 aromatic carbocycles. The number of nitrogens with zero attached hydrogens (tertiary/aromatic N) is 3. The highest BCUT2D eigenvalue weighted by Crippen LogP contribution is 2.21.